The Bertz CT molecular complexity index is 270. The van der Waals surface area contributed by atoms with Crippen molar-refractivity contribution < 1.29 is 4.74 Å². The lowest BCUT2D eigenvalue weighted by Gasteiger charge is -2.16. The van der Waals surface area contributed by atoms with Gasteiger partial charge in [0.2, 0.25) is 0 Å². The first-order chi connectivity index (χ1) is 6.86. The van der Waals surface area contributed by atoms with Gasteiger partial charge in [0.25, 0.3) is 0 Å². The summed E-state index contributed by atoms with van der Waals surface area (Å²) < 4.78 is 5.32. The first-order valence-corrected chi connectivity index (χ1v) is 5.09. The standard InChI is InChI=1S/C11H16N2O/c12-11(9-4-6-14-8-9)7-10-3-1-2-5-13-10/h1-3,5,9,11H,4,6-8,12H2. The number of nitrogens with zero attached hydrogens (tertiary/aromatic N) is 1. The molecule has 14 heavy (non-hydrogen) atoms. The van der Waals surface area contributed by atoms with Crippen LogP contribution in [0.2, 0.25) is 0 Å². The van der Waals surface area contributed by atoms with E-state index in [0.29, 0.717) is 5.92 Å². The highest BCUT2D eigenvalue weighted by Gasteiger charge is 2.22. The topological polar surface area (TPSA) is 48.1 Å². The van der Waals surface area contributed by atoms with Crippen molar-refractivity contribution >= 4 is 0 Å². The average Bonchev–Trinajstić information content (AvgIpc) is 2.72. The van der Waals surface area contributed by atoms with Crippen LogP contribution in [-0.4, -0.2) is 24.2 Å². The third-order valence-corrected chi connectivity index (χ3v) is 2.74. The Kier molecular flexibility index (Phi) is 3.11. The van der Waals surface area contributed by atoms with Crippen LogP contribution >= 0.6 is 0 Å². The van der Waals surface area contributed by atoms with Crippen LogP contribution in [0.1, 0.15) is 12.1 Å². The van der Waals surface area contributed by atoms with E-state index in [1.807, 2.05) is 24.4 Å². The van der Waals surface area contributed by atoms with Gasteiger partial charge in [-0.1, -0.05) is 6.07 Å². The zero-order valence-corrected chi connectivity index (χ0v) is 8.23. The SMILES string of the molecule is NC(Cc1ccccn1)C1CCOC1. The van der Waals surface area contributed by atoms with Gasteiger partial charge in [0, 0.05) is 31.0 Å². The van der Waals surface area contributed by atoms with Gasteiger partial charge in [-0.2, -0.15) is 0 Å². The minimum absolute atomic E-state index is 0.187. The van der Waals surface area contributed by atoms with E-state index in [4.69, 9.17) is 10.5 Å². The summed E-state index contributed by atoms with van der Waals surface area (Å²) in [5.41, 5.74) is 7.17. The normalized spacial score (nSPS) is 23.6. The van der Waals surface area contributed by atoms with E-state index in [1.54, 1.807) is 0 Å². The Labute approximate surface area is 84.3 Å². The Morgan fingerprint density at radius 3 is 3.14 bits per heavy atom. The summed E-state index contributed by atoms with van der Waals surface area (Å²) in [5.74, 6) is 0.511. The maximum atomic E-state index is 6.09. The first kappa shape index (κ1) is 9.62. The second-order valence-electron chi connectivity index (χ2n) is 3.81. The van der Waals surface area contributed by atoms with E-state index >= 15 is 0 Å². The molecule has 0 amide bonds. The number of rotatable bonds is 3. The molecule has 0 aliphatic carbocycles. The van der Waals surface area contributed by atoms with Crippen LogP contribution in [0.25, 0.3) is 0 Å². The number of hydrogen-bond donors (Lipinski definition) is 1. The Hall–Kier alpha value is -0.930. The summed E-state index contributed by atoms with van der Waals surface area (Å²) in [6, 6.07) is 6.14. The predicted molar refractivity (Wildman–Crippen MR) is 54.8 cm³/mol. The summed E-state index contributed by atoms with van der Waals surface area (Å²) in [7, 11) is 0. The van der Waals surface area contributed by atoms with Gasteiger partial charge in [-0.25, -0.2) is 0 Å². The molecule has 1 aromatic rings. The molecule has 2 heterocycles. The quantitative estimate of drug-likeness (QED) is 0.776. The van der Waals surface area contributed by atoms with E-state index < -0.39 is 0 Å². The molecule has 0 spiro atoms. The Morgan fingerprint density at radius 2 is 2.50 bits per heavy atom. The predicted octanol–water partition coefficient (Wildman–Crippen LogP) is 0.988. The van der Waals surface area contributed by atoms with E-state index in [0.717, 1.165) is 31.7 Å². The molecular formula is C11H16N2O. The zero-order chi connectivity index (χ0) is 9.80. The smallest absolute Gasteiger partial charge is 0.0510 e. The van der Waals surface area contributed by atoms with Crippen molar-refractivity contribution in [2.24, 2.45) is 11.7 Å². The average molecular weight is 192 g/mol. The number of pyridine rings is 1. The fourth-order valence-electron chi connectivity index (χ4n) is 1.82. The molecule has 3 nitrogen and oxygen atoms in total. The van der Waals surface area contributed by atoms with Gasteiger partial charge in [-0.15, -0.1) is 0 Å². The van der Waals surface area contributed by atoms with E-state index in [2.05, 4.69) is 4.98 Å². The summed E-state index contributed by atoms with van der Waals surface area (Å²) in [4.78, 5) is 4.27. The molecule has 2 atom stereocenters. The van der Waals surface area contributed by atoms with E-state index in [9.17, 15) is 0 Å². The largest absolute Gasteiger partial charge is 0.381 e. The van der Waals surface area contributed by atoms with Gasteiger partial charge in [0.1, 0.15) is 0 Å². The Balaban J connectivity index is 1.90. The molecule has 0 bridgehead atoms. The molecule has 1 fully saturated rings. The van der Waals surface area contributed by atoms with Crippen molar-refractivity contribution in [3.63, 3.8) is 0 Å². The van der Waals surface area contributed by atoms with E-state index in [-0.39, 0.29) is 6.04 Å². The molecule has 1 aliphatic heterocycles. The highest BCUT2D eigenvalue weighted by molar-refractivity contribution is 5.05. The monoisotopic (exact) mass is 192 g/mol. The number of aromatic nitrogens is 1. The highest BCUT2D eigenvalue weighted by atomic mass is 16.5. The number of nitrogens with two attached hydrogens (primary N) is 1. The molecule has 2 unspecified atom stereocenters. The number of hydrogen-bond acceptors (Lipinski definition) is 3. The molecule has 1 aliphatic rings. The van der Waals surface area contributed by atoms with Crippen molar-refractivity contribution in [3.05, 3.63) is 30.1 Å². The van der Waals surface area contributed by atoms with Crippen LogP contribution in [0.3, 0.4) is 0 Å². The molecular weight excluding hydrogens is 176 g/mol. The van der Waals surface area contributed by atoms with Crippen LogP contribution in [0.5, 0.6) is 0 Å². The fourth-order valence-corrected chi connectivity index (χ4v) is 1.82. The third kappa shape index (κ3) is 2.30. The van der Waals surface area contributed by atoms with Crippen LogP contribution < -0.4 is 5.73 Å². The van der Waals surface area contributed by atoms with Gasteiger partial charge in [-0.3, -0.25) is 4.98 Å². The van der Waals surface area contributed by atoms with Crippen molar-refractivity contribution in [1.82, 2.24) is 4.98 Å². The molecule has 2 rings (SSSR count). The molecule has 0 saturated carbocycles. The maximum absolute atomic E-state index is 6.09. The molecule has 2 N–H and O–H groups in total. The molecule has 1 aromatic heterocycles. The van der Waals surface area contributed by atoms with Gasteiger partial charge < -0.3 is 10.5 Å². The minimum Gasteiger partial charge on any atom is -0.381 e. The van der Waals surface area contributed by atoms with Gasteiger partial charge in [0.05, 0.1) is 6.61 Å². The lowest BCUT2D eigenvalue weighted by Crippen LogP contribution is -2.32. The summed E-state index contributed by atoms with van der Waals surface area (Å²) in [6.45, 7) is 1.68. The summed E-state index contributed by atoms with van der Waals surface area (Å²) >= 11 is 0. The third-order valence-electron chi connectivity index (χ3n) is 2.74. The lowest BCUT2D eigenvalue weighted by atomic mass is 9.96. The molecule has 76 valence electrons. The van der Waals surface area contributed by atoms with Gasteiger partial charge in [0.15, 0.2) is 0 Å². The second-order valence-corrected chi connectivity index (χ2v) is 3.81. The van der Waals surface area contributed by atoms with Crippen molar-refractivity contribution in [2.45, 2.75) is 18.9 Å². The van der Waals surface area contributed by atoms with Crippen molar-refractivity contribution in [1.29, 1.82) is 0 Å². The molecule has 0 aromatic carbocycles. The van der Waals surface area contributed by atoms with Crippen LogP contribution in [0.15, 0.2) is 24.4 Å². The van der Waals surface area contributed by atoms with Crippen molar-refractivity contribution in [3.8, 4) is 0 Å². The summed E-state index contributed by atoms with van der Waals surface area (Å²) in [6.07, 6.45) is 3.76. The fraction of sp³-hybridized carbons (Fsp3) is 0.545. The second kappa shape index (κ2) is 4.53. The maximum Gasteiger partial charge on any atom is 0.0510 e. The van der Waals surface area contributed by atoms with E-state index in [1.165, 1.54) is 0 Å². The van der Waals surface area contributed by atoms with Gasteiger partial charge in [-0.05, 0) is 24.5 Å². The first-order valence-electron chi connectivity index (χ1n) is 5.09. The highest BCUT2D eigenvalue weighted by Crippen LogP contribution is 2.17. The number of ether oxygens (including phenoxy) is 1. The summed E-state index contributed by atoms with van der Waals surface area (Å²) in [5, 5.41) is 0. The van der Waals surface area contributed by atoms with Crippen LogP contribution in [0, 0.1) is 5.92 Å². The lowest BCUT2D eigenvalue weighted by molar-refractivity contribution is 0.180. The van der Waals surface area contributed by atoms with Crippen LogP contribution in [-0.2, 0) is 11.2 Å². The van der Waals surface area contributed by atoms with Crippen molar-refractivity contribution in [2.75, 3.05) is 13.2 Å². The van der Waals surface area contributed by atoms with Gasteiger partial charge >= 0.3 is 0 Å². The molecule has 1 saturated heterocycles. The molecule has 3 heteroatoms. The Morgan fingerprint density at radius 1 is 1.57 bits per heavy atom. The zero-order valence-electron chi connectivity index (χ0n) is 8.23. The molecule has 0 radical (unpaired) electrons. The minimum atomic E-state index is 0.187. The van der Waals surface area contributed by atoms with Crippen LogP contribution in [0.4, 0.5) is 0 Å².